The summed E-state index contributed by atoms with van der Waals surface area (Å²) in [5.41, 5.74) is 8.06. The van der Waals surface area contributed by atoms with Gasteiger partial charge in [0.15, 0.2) is 0 Å². The molecule has 0 atom stereocenters. The van der Waals surface area contributed by atoms with Crippen molar-refractivity contribution in [2.24, 2.45) is 22.5 Å². The molecular weight excluding hydrogens is 248 g/mol. The molecule has 110 valence electrons. The minimum absolute atomic E-state index is 0.0990. The first-order chi connectivity index (χ1) is 9.21. The molecule has 0 bridgehead atoms. The third-order valence-electron chi connectivity index (χ3n) is 5.32. The summed E-state index contributed by atoms with van der Waals surface area (Å²) in [6.07, 6.45) is 0. The van der Waals surface area contributed by atoms with Crippen molar-refractivity contribution in [1.29, 1.82) is 0 Å². The van der Waals surface area contributed by atoms with Crippen LogP contribution in [0.3, 0.4) is 0 Å². The lowest BCUT2D eigenvalue weighted by Crippen LogP contribution is -2.29. The highest BCUT2D eigenvalue weighted by Crippen LogP contribution is 2.68. The molecule has 1 saturated carbocycles. The number of nitrogens with zero attached hydrogens (tertiary/aromatic N) is 1. The van der Waals surface area contributed by atoms with Crippen molar-refractivity contribution in [2.45, 2.75) is 40.8 Å². The van der Waals surface area contributed by atoms with Crippen molar-refractivity contribution in [2.75, 3.05) is 7.05 Å². The molecule has 1 amide bonds. The Hall–Kier alpha value is -1.35. The number of carbonyl (C=O) groups is 1. The predicted octanol–water partition coefficient (Wildman–Crippen LogP) is 2.79. The third kappa shape index (κ3) is 2.35. The quantitative estimate of drug-likeness (QED) is 0.917. The van der Waals surface area contributed by atoms with Crippen molar-refractivity contribution in [1.82, 2.24) is 4.90 Å². The van der Waals surface area contributed by atoms with Gasteiger partial charge in [-0.1, -0.05) is 52.0 Å². The zero-order valence-electron chi connectivity index (χ0n) is 13.2. The normalized spacial score (nSPS) is 19.7. The molecule has 0 heterocycles. The maximum atomic E-state index is 12.6. The highest BCUT2D eigenvalue weighted by Gasteiger charge is 2.68. The van der Waals surface area contributed by atoms with E-state index < -0.39 is 0 Å². The smallest absolute Gasteiger partial charge is 0.226 e. The average molecular weight is 274 g/mol. The van der Waals surface area contributed by atoms with E-state index in [1.807, 2.05) is 24.1 Å². The second-order valence-electron chi connectivity index (χ2n) is 7.09. The van der Waals surface area contributed by atoms with Gasteiger partial charge in [0.05, 0.1) is 0 Å². The van der Waals surface area contributed by atoms with Crippen molar-refractivity contribution < 1.29 is 4.79 Å². The van der Waals surface area contributed by atoms with E-state index in [-0.39, 0.29) is 22.7 Å². The second-order valence-corrected chi connectivity index (χ2v) is 7.09. The predicted molar refractivity (Wildman–Crippen MR) is 81.9 cm³/mol. The Morgan fingerprint density at radius 2 is 1.55 bits per heavy atom. The number of hydrogen-bond acceptors (Lipinski definition) is 2. The minimum atomic E-state index is 0.0990. The van der Waals surface area contributed by atoms with E-state index in [4.69, 9.17) is 5.73 Å². The first kappa shape index (κ1) is 15.0. The Balaban J connectivity index is 2.02. The van der Waals surface area contributed by atoms with Gasteiger partial charge in [-0.05, 0) is 22.0 Å². The fourth-order valence-electron chi connectivity index (χ4n) is 3.17. The van der Waals surface area contributed by atoms with Gasteiger partial charge < -0.3 is 10.6 Å². The molecule has 0 radical (unpaired) electrons. The summed E-state index contributed by atoms with van der Waals surface area (Å²) in [5.74, 6) is 0.381. The highest BCUT2D eigenvalue weighted by molar-refractivity contribution is 5.84. The Labute approximate surface area is 122 Å². The lowest BCUT2D eigenvalue weighted by molar-refractivity contribution is -0.133. The maximum Gasteiger partial charge on any atom is 0.226 e. The van der Waals surface area contributed by atoms with Gasteiger partial charge in [-0.25, -0.2) is 0 Å². The molecule has 3 nitrogen and oxygen atoms in total. The highest BCUT2D eigenvalue weighted by atomic mass is 16.2. The van der Waals surface area contributed by atoms with Gasteiger partial charge >= 0.3 is 0 Å². The molecular formula is C17H26N2O. The zero-order chi connectivity index (χ0) is 15.1. The number of benzene rings is 1. The van der Waals surface area contributed by atoms with Crippen LogP contribution in [0.4, 0.5) is 0 Å². The number of rotatable bonds is 4. The molecule has 0 spiro atoms. The van der Waals surface area contributed by atoms with E-state index in [1.165, 1.54) is 0 Å². The molecule has 0 saturated heterocycles. The lowest BCUT2D eigenvalue weighted by atomic mass is 10.0. The van der Waals surface area contributed by atoms with Crippen LogP contribution < -0.4 is 5.73 Å². The van der Waals surface area contributed by atoms with E-state index in [9.17, 15) is 4.79 Å². The Bertz CT molecular complexity index is 488. The number of hydrogen-bond donors (Lipinski definition) is 1. The topological polar surface area (TPSA) is 46.3 Å². The summed E-state index contributed by atoms with van der Waals surface area (Å²) < 4.78 is 0. The fraction of sp³-hybridized carbons (Fsp3) is 0.588. The molecule has 1 aromatic carbocycles. The molecule has 1 aliphatic rings. The summed E-state index contributed by atoms with van der Waals surface area (Å²) in [7, 11) is 1.89. The molecule has 2 rings (SSSR count). The lowest BCUT2D eigenvalue weighted by Gasteiger charge is -2.18. The Kier molecular flexibility index (Phi) is 3.67. The van der Waals surface area contributed by atoms with Crippen LogP contribution >= 0.6 is 0 Å². The molecule has 1 aromatic rings. The summed E-state index contributed by atoms with van der Waals surface area (Å²) in [5, 5.41) is 0. The van der Waals surface area contributed by atoms with Crippen LogP contribution in [0.15, 0.2) is 24.3 Å². The summed E-state index contributed by atoms with van der Waals surface area (Å²) >= 11 is 0. The third-order valence-corrected chi connectivity index (χ3v) is 5.32. The largest absolute Gasteiger partial charge is 0.341 e. The van der Waals surface area contributed by atoms with Crippen LogP contribution in [-0.2, 0) is 17.9 Å². The first-order valence-corrected chi connectivity index (χ1v) is 7.24. The van der Waals surface area contributed by atoms with Crippen LogP contribution in [0.25, 0.3) is 0 Å². The van der Waals surface area contributed by atoms with Gasteiger partial charge in [0.1, 0.15) is 0 Å². The number of carbonyl (C=O) groups excluding carboxylic acids is 1. The van der Waals surface area contributed by atoms with Crippen molar-refractivity contribution in [3.63, 3.8) is 0 Å². The Morgan fingerprint density at radius 3 is 1.95 bits per heavy atom. The number of nitrogens with two attached hydrogens (primary N) is 1. The van der Waals surface area contributed by atoms with Crippen LogP contribution in [0.5, 0.6) is 0 Å². The van der Waals surface area contributed by atoms with Crippen molar-refractivity contribution in [3.8, 4) is 0 Å². The molecule has 20 heavy (non-hydrogen) atoms. The van der Waals surface area contributed by atoms with E-state index in [0.717, 1.165) is 11.1 Å². The minimum Gasteiger partial charge on any atom is -0.341 e. The maximum absolute atomic E-state index is 12.6. The van der Waals surface area contributed by atoms with Gasteiger partial charge in [-0.3, -0.25) is 4.79 Å². The van der Waals surface area contributed by atoms with Gasteiger partial charge in [-0.15, -0.1) is 0 Å². The molecule has 3 heteroatoms. The monoisotopic (exact) mass is 274 g/mol. The van der Waals surface area contributed by atoms with Crippen LogP contribution in [0, 0.1) is 16.7 Å². The van der Waals surface area contributed by atoms with E-state index in [0.29, 0.717) is 13.1 Å². The van der Waals surface area contributed by atoms with Crippen molar-refractivity contribution >= 4 is 5.91 Å². The van der Waals surface area contributed by atoms with E-state index in [1.54, 1.807) is 0 Å². The van der Waals surface area contributed by atoms with Crippen molar-refractivity contribution in [3.05, 3.63) is 35.4 Å². The molecule has 1 aliphatic carbocycles. The first-order valence-electron chi connectivity index (χ1n) is 7.24. The molecule has 2 N–H and O–H groups in total. The van der Waals surface area contributed by atoms with Crippen LogP contribution in [-0.4, -0.2) is 17.9 Å². The Morgan fingerprint density at radius 1 is 1.10 bits per heavy atom. The fourth-order valence-corrected chi connectivity index (χ4v) is 3.17. The average Bonchev–Trinajstić information content (AvgIpc) is 2.79. The van der Waals surface area contributed by atoms with Crippen LogP contribution in [0.1, 0.15) is 38.8 Å². The van der Waals surface area contributed by atoms with Crippen LogP contribution in [0.2, 0.25) is 0 Å². The SMILES string of the molecule is CN(Cc1ccc(CN)cc1)C(=O)C1C(C)(C)C1(C)C. The second kappa shape index (κ2) is 4.88. The van der Waals surface area contributed by atoms with Gasteiger partial charge in [-0.2, -0.15) is 0 Å². The molecule has 0 aromatic heterocycles. The molecule has 0 aliphatic heterocycles. The molecule has 1 fully saturated rings. The van der Waals surface area contributed by atoms with Gasteiger partial charge in [0, 0.05) is 26.1 Å². The molecule has 0 unspecified atom stereocenters. The standard InChI is InChI=1S/C17H26N2O/c1-16(2)14(17(16,3)4)15(20)19(5)11-13-8-6-12(10-18)7-9-13/h6-9,14H,10-11,18H2,1-5H3. The summed E-state index contributed by atoms with van der Waals surface area (Å²) in [6, 6.07) is 8.15. The van der Waals surface area contributed by atoms with Gasteiger partial charge in [0.2, 0.25) is 5.91 Å². The van der Waals surface area contributed by atoms with E-state index >= 15 is 0 Å². The zero-order valence-corrected chi connectivity index (χ0v) is 13.2. The summed E-state index contributed by atoms with van der Waals surface area (Å²) in [6.45, 7) is 9.93. The van der Waals surface area contributed by atoms with Gasteiger partial charge in [0.25, 0.3) is 0 Å². The summed E-state index contributed by atoms with van der Waals surface area (Å²) in [4.78, 5) is 14.4. The van der Waals surface area contributed by atoms with E-state index in [2.05, 4.69) is 39.8 Å². The number of amides is 1.